The highest BCUT2D eigenvalue weighted by Crippen LogP contribution is 2.39. The number of rotatable bonds is 10. The molecule has 1 N–H and O–H groups in total. The summed E-state index contributed by atoms with van der Waals surface area (Å²) < 4.78 is 28.4. The number of furan rings is 1. The van der Waals surface area contributed by atoms with E-state index in [2.05, 4.69) is 10.3 Å². The molecule has 8 nitrogen and oxygen atoms in total. The van der Waals surface area contributed by atoms with Crippen LogP contribution in [0.25, 0.3) is 22.4 Å². The van der Waals surface area contributed by atoms with E-state index in [9.17, 15) is 4.79 Å². The first kappa shape index (κ1) is 23.4. The average Bonchev–Trinajstić information content (AvgIpc) is 3.48. The minimum atomic E-state index is -0.336. The Kier molecular flexibility index (Phi) is 7.22. The fourth-order valence-corrected chi connectivity index (χ4v) is 4.15. The second-order valence-electron chi connectivity index (χ2n) is 7.08. The molecular formula is C25H26N2O6S. The van der Waals surface area contributed by atoms with E-state index in [4.69, 9.17) is 23.4 Å². The number of amides is 1. The second-order valence-corrected chi connectivity index (χ2v) is 7.94. The van der Waals surface area contributed by atoms with Crippen molar-refractivity contribution in [1.29, 1.82) is 0 Å². The van der Waals surface area contributed by atoms with Gasteiger partial charge in [0.25, 0.3) is 5.91 Å². The van der Waals surface area contributed by atoms with Crippen molar-refractivity contribution >= 4 is 33.3 Å². The largest absolute Gasteiger partial charge is 0.493 e. The lowest BCUT2D eigenvalue weighted by Crippen LogP contribution is -2.13. The second kappa shape index (κ2) is 10.5. The van der Waals surface area contributed by atoms with Crippen molar-refractivity contribution in [2.24, 2.45) is 0 Å². The minimum Gasteiger partial charge on any atom is -0.493 e. The van der Waals surface area contributed by atoms with Crippen LogP contribution in [0.4, 0.5) is 5.13 Å². The smallest absolute Gasteiger partial charge is 0.257 e. The maximum Gasteiger partial charge on any atom is 0.257 e. The first-order valence-corrected chi connectivity index (χ1v) is 11.9. The number of methoxy groups -OCH3 is 1. The van der Waals surface area contributed by atoms with Gasteiger partial charge in [-0.25, -0.2) is 4.98 Å². The van der Waals surface area contributed by atoms with Crippen molar-refractivity contribution in [3.8, 4) is 34.5 Å². The third-order valence-corrected chi connectivity index (χ3v) is 5.63. The van der Waals surface area contributed by atoms with Gasteiger partial charge in [0.15, 0.2) is 33.7 Å². The van der Waals surface area contributed by atoms with Crippen LogP contribution in [0.2, 0.25) is 0 Å². The molecule has 2 aromatic heterocycles. The highest BCUT2D eigenvalue weighted by atomic mass is 32.1. The van der Waals surface area contributed by atoms with E-state index in [1.54, 1.807) is 19.2 Å². The summed E-state index contributed by atoms with van der Waals surface area (Å²) >= 11 is 1.31. The van der Waals surface area contributed by atoms with Gasteiger partial charge in [-0.2, -0.15) is 0 Å². The zero-order chi connectivity index (χ0) is 24.1. The molecule has 0 bridgehead atoms. The molecule has 1 amide bonds. The molecule has 9 heteroatoms. The van der Waals surface area contributed by atoms with Crippen molar-refractivity contribution in [3.63, 3.8) is 0 Å². The van der Waals surface area contributed by atoms with E-state index < -0.39 is 0 Å². The third kappa shape index (κ3) is 4.79. The number of hydrogen-bond acceptors (Lipinski definition) is 8. The molecule has 0 aliphatic heterocycles. The molecule has 0 radical (unpaired) electrons. The molecule has 178 valence electrons. The number of aromatic nitrogens is 1. The number of ether oxygens (including phenoxy) is 4. The third-order valence-electron chi connectivity index (χ3n) is 4.88. The van der Waals surface area contributed by atoms with Gasteiger partial charge in [-0.15, -0.1) is 11.3 Å². The van der Waals surface area contributed by atoms with Gasteiger partial charge < -0.3 is 23.4 Å². The van der Waals surface area contributed by atoms with Crippen molar-refractivity contribution in [2.45, 2.75) is 20.8 Å². The summed E-state index contributed by atoms with van der Waals surface area (Å²) in [5.74, 6) is 2.30. The molecule has 0 unspecified atom stereocenters. The Labute approximate surface area is 201 Å². The van der Waals surface area contributed by atoms with Crippen LogP contribution in [0.3, 0.4) is 0 Å². The van der Waals surface area contributed by atoms with Crippen LogP contribution in [0.5, 0.6) is 23.0 Å². The first-order chi connectivity index (χ1) is 16.6. The Morgan fingerprint density at radius 2 is 1.71 bits per heavy atom. The predicted octanol–water partition coefficient (Wildman–Crippen LogP) is 6.01. The zero-order valence-electron chi connectivity index (χ0n) is 19.5. The van der Waals surface area contributed by atoms with E-state index in [1.807, 2.05) is 50.4 Å². The maximum absolute atomic E-state index is 13.0. The van der Waals surface area contributed by atoms with Gasteiger partial charge >= 0.3 is 0 Å². The lowest BCUT2D eigenvalue weighted by atomic mass is 10.1. The number of hydrogen-bond donors (Lipinski definition) is 1. The molecular weight excluding hydrogens is 456 g/mol. The summed E-state index contributed by atoms with van der Waals surface area (Å²) in [7, 11) is 1.60. The fraction of sp³-hybridized carbons (Fsp3) is 0.280. The number of carbonyl (C=O) groups excluding carboxylic acids is 1. The Morgan fingerprint density at radius 3 is 2.35 bits per heavy atom. The summed E-state index contributed by atoms with van der Waals surface area (Å²) in [6.45, 7) is 6.91. The standard InChI is InChI=1S/C25H26N2O6S/c1-5-30-20-12-16(13-21(31-6-2)23(20)32-7-3)24(28)27-25-26-17(14-34-25)19-11-15-9-8-10-18(29-4)22(15)33-19/h8-14H,5-7H2,1-4H3,(H,26,27,28). The molecule has 4 aromatic rings. The topological polar surface area (TPSA) is 92.1 Å². The summed E-state index contributed by atoms with van der Waals surface area (Å²) in [6.07, 6.45) is 0. The molecule has 0 aliphatic carbocycles. The van der Waals surface area contributed by atoms with Crippen LogP contribution in [0, 0.1) is 0 Å². The molecule has 4 rings (SSSR count). The van der Waals surface area contributed by atoms with Gasteiger partial charge in [-0.1, -0.05) is 12.1 Å². The number of anilines is 1. The van der Waals surface area contributed by atoms with Gasteiger partial charge in [0, 0.05) is 16.3 Å². The number of carbonyl (C=O) groups is 1. The normalized spacial score (nSPS) is 10.8. The molecule has 0 spiro atoms. The molecule has 0 saturated carbocycles. The monoisotopic (exact) mass is 482 g/mol. The molecule has 34 heavy (non-hydrogen) atoms. The molecule has 0 aliphatic rings. The van der Waals surface area contributed by atoms with Gasteiger partial charge in [0.2, 0.25) is 5.75 Å². The lowest BCUT2D eigenvalue weighted by Gasteiger charge is -2.16. The molecule has 0 fully saturated rings. The Hall–Kier alpha value is -3.72. The first-order valence-electron chi connectivity index (χ1n) is 11.0. The van der Waals surface area contributed by atoms with E-state index in [-0.39, 0.29) is 5.91 Å². The van der Waals surface area contributed by atoms with Crippen LogP contribution >= 0.6 is 11.3 Å². The van der Waals surface area contributed by atoms with Gasteiger partial charge in [-0.05, 0) is 45.0 Å². The molecule has 0 saturated heterocycles. The zero-order valence-corrected chi connectivity index (χ0v) is 20.3. The highest BCUT2D eigenvalue weighted by molar-refractivity contribution is 7.14. The number of para-hydroxylation sites is 1. The van der Waals surface area contributed by atoms with E-state index in [1.165, 1.54) is 11.3 Å². The number of fused-ring (bicyclic) bond motifs is 1. The summed E-state index contributed by atoms with van der Waals surface area (Å²) in [4.78, 5) is 17.6. The van der Waals surface area contributed by atoms with E-state index >= 15 is 0 Å². The highest BCUT2D eigenvalue weighted by Gasteiger charge is 2.20. The Bertz CT molecular complexity index is 1270. The van der Waals surface area contributed by atoms with Crippen molar-refractivity contribution in [1.82, 2.24) is 4.98 Å². The number of benzene rings is 2. The van der Waals surface area contributed by atoms with Crippen LogP contribution in [0.1, 0.15) is 31.1 Å². The van der Waals surface area contributed by atoms with Crippen LogP contribution in [0.15, 0.2) is 46.2 Å². The van der Waals surface area contributed by atoms with Crippen molar-refractivity contribution in [2.75, 3.05) is 32.2 Å². The quantitative estimate of drug-likeness (QED) is 0.296. The summed E-state index contributed by atoms with van der Waals surface area (Å²) in [5, 5.41) is 6.03. The van der Waals surface area contributed by atoms with E-state index in [0.717, 1.165) is 5.39 Å². The fourth-order valence-electron chi connectivity index (χ4n) is 3.46. The molecule has 2 heterocycles. The summed E-state index contributed by atoms with van der Waals surface area (Å²) in [6, 6.07) is 10.9. The van der Waals surface area contributed by atoms with Crippen LogP contribution < -0.4 is 24.3 Å². The molecule has 2 aromatic carbocycles. The van der Waals surface area contributed by atoms with Gasteiger partial charge in [0.05, 0.1) is 26.9 Å². The van der Waals surface area contributed by atoms with Crippen LogP contribution in [-0.2, 0) is 0 Å². The Balaban J connectivity index is 1.59. The number of nitrogens with zero attached hydrogens (tertiary/aromatic N) is 1. The maximum atomic E-state index is 13.0. The number of nitrogens with one attached hydrogen (secondary N) is 1. The average molecular weight is 483 g/mol. The van der Waals surface area contributed by atoms with Crippen LogP contribution in [-0.4, -0.2) is 37.8 Å². The predicted molar refractivity (Wildman–Crippen MR) is 132 cm³/mol. The Morgan fingerprint density at radius 1 is 1.00 bits per heavy atom. The lowest BCUT2D eigenvalue weighted by molar-refractivity contribution is 0.102. The molecule has 0 atom stereocenters. The SMILES string of the molecule is CCOc1cc(C(=O)Nc2nc(-c3cc4cccc(OC)c4o3)cs2)cc(OCC)c1OCC. The van der Waals surface area contributed by atoms with E-state index in [0.29, 0.717) is 70.6 Å². The van der Waals surface area contributed by atoms with Gasteiger partial charge in [-0.3, -0.25) is 10.1 Å². The summed E-state index contributed by atoms with van der Waals surface area (Å²) in [5.41, 5.74) is 1.65. The van der Waals surface area contributed by atoms with Gasteiger partial charge in [0.1, 0.15) is 5.69 Å². The minimum absolute atomic E-state index is 0.336. The van der Waals surface area contributed by atoms with Crippen molar-refractivity contribution < 1.29 is 28.2 Å². The van der Waals surface area contributed by atoms with Crippen molar-refractivity contribution in [3.05, 3.63) is 47.3 Å². The number of thiazole rings is 1.